The number of nitrogens with zero attached hydrogens (tertiary/aromatic N) is 2. The molecule has 146 valence electrons. The topological polar surface area (TPSA) is 107 Å². The first-order valence-corrected chi connectivity index (χ1v) is 8.79. The number of benzene rings is 2. The summed E-state index contributed by atoms with van der Waals surface area (Å²) in [7, 11) is 1.58. The van der Waals surface area contributed by atoms with Crippen LogP contribution in [-0.2, 0) is 0 Å². The third-order valence-corrected chi connectivity index (χ3v) is 4.52. The van der Waals surface area contributed by atoms with Crippen LogP contribution in [0.3, 0.4) is 0 Å². The Kier molecular flexibility index (Phi) is 4.59. The summed E-state index contributed by atoms with van der Waals surface area (Å²) in [6, 6.07) is 11.7. The number of methoxy groups -OCH3 is 1. The van der Waals surface area contributed by atoms with Crippen molar-refractivity contribution in [2.75, 3.05) is 12.4 Å². The van der Waals surface area contributed by atoms with E-state index in [2.05, 4.69) is 15.6 Å². The molecule has 0 aliphatic carbocycles. The maximum absolute atomic E-state index is 12.7. The van der Waals surface area contributed by atoms with E-state index in [0.717, 1.165) is 22.8 Å². The lowest BCUT2D eigenvalue weighted by Gasteiger charge is -2.07. The van der Waals surface area contributed by atoms with Crippen molar-refractivity contribution in [1.82, 2.24) is 10.3 Å². The molecule has 0 saturated heterocycles. The average Bonchev–Trinajstić information content (AvgIpc) is 3.15. The first-order chi connectivity index (χ1) is 14.0. The number of carbonyl (C=O) groups is 1. The fraction of sp³-hybridized carbons (Fsp3) is 0.143. The van der Waals surface area contributed by atoms with Crippen molar-refractivity contribution in [3.05, 3.63) is 69.6 Å². The number of anilines is 1. The monoisotopic (exact) mass is 391 g/mol. The quantitative estimate of drug-likeness (QED) is 0.565. The third kappa shape index (κ3) is 3.47. The van der Waals surface area contributed by atoms with E-state index in [9.17, 15) is 9.59 Å². The van der Waals surface area contributed by atoms with Crippen molar-refractivity contribution in [2.45, 2.75) is 13.8 Å². The van der Waals surface area contributed by atoms with Crippen LogP contribution in [0.5, 0.6) is 5.75 Å². The number of aromatic nitrogens is 2. The number of carbonyl (C=O) groups excluding carboxylic acids is 1. The molecule has 4 rings (SSSR count). The molecule has 4 aromatic rings. The standard InChI is InChI=1S/C21H17N3O5/c1-11-4-6-15-16(25)10-18(28-17(15)8-11)21(26)22-20-19(23-29-24-20)14-7-5-13(27-3)9-12(14)2/h4-10H,1-3H3,(H,22,24,26). The van der Waals surface area contributed by atoms with Crippen LogP contribution >= 0.6 is 0 Å². The zero-order valence-corrected chi connectivity index (χ0v) is 16.0. The van der Waals surface area contributed by atoms with E-state index in [1.165, 1.54) is 0 Å². The van der Waals surface area contributed by atoms with Gasteiger partial charge in [-0.25, -0.2) is 4.63 Å². The minimum Gasteiger partial charge on any atom is -0.497 e. The summed E-state index contributed by atoms with van der Waals surface area (Å²) >= 11 is 0. The Morgan fingerprint density at radius 2 is 1.90 bits per heavy atom. The van der Waals surface area contributed by atoms with E-state index in [-0.39, 0.29) is 17.0 Å². The number of fused-ring (bicyclic) bond motifs is 1. The summed E-state index contributed by atoms with van der Waals surface area (Å²) in [5.41, 5.74) is 2.89. The van der Waals surface area contributed by atoms with Gasteiger partial charge in [-0.2, -0.15) is 0 Å². The van der Waals surface area contributed by atoms with E-state index in [1.807, 2.05) is 26.0 Å². The average molecular weight is 391 g/mol. The molecule has 0 spiro atoms. The van der Waals surface area contributed by atoms with Gasteiger partial charge in [0.25, 0.3) is 5.91 Å². The predicted octanol–water partition coefficient (Wildman–Crippen LogP) is 3.72. The molecule has 29 heavy (non-hydrogen) atoms. The molecule has 0 aliphatic heterocycles. The Morgan fingerprint density at radius 1 is 1.07 bits per heavy atom. The van der Waals surface area contributed by atoms with E-state index in [1.54, 1.807) is 31.4 Å². The Balaban J connectivity index is 1.68. The van der Waals surface area contributed by atoms with Crippen LogP contribution < -0.4 is 15.5 Å². The summed E-state index contributed by atoms with van der Waals surface area (Å²) in [5.74, 6) is 0.0545. The summed E-state index contributed by atoms with van der Waals surface area (Å²) in [5, 5.41) is 10.7. The van der Waals surface area contributed by atoms with Crippen LogP contribution in [0.2, 0.25) is 0 Å². The Bertz CT molecular complexity index is 1290. The molecule has 0 saturated carbocycles. The molecule has 2 aromatic carbocycles. The molecule has 1 amide bonds. The number of nitrogens with one attached hydrogen (secondary N) is 1. The summed E-state index contributed by atoms with van der Waals surface area (Å²) < 4.78 is 15.6. The van der Waals surface area contributed by atoms with E-state index in [0.29, 0.717) is 22.4 Å². The predicted molar refractivity (Wildman–Crippen MR) is 106 cm³/mol. The molecule has 0 unspecified atom stereocenters. The van der Waals surface area contributed by atoms with Gasteiger partial charge in [-0.15, -0.1) is 0 Å². The second-order valence-corrected chi connectivity index (χ2v) is 6.57. The Morgan fingerprint density at radius 3 is 2.66 bits per heavy atom. The first kappa shape index (κ1) is 18.4. The molecular formula is C21H17N3O5. The van der Waals surface area contributed by atoms with Gasteiger partial charge in [-0.05, 0) is 65.6 Å². The van der Waals surface area contributed by atoms with Gasteiger partial charge in [0.1, 0.15) is 11.3 Å². The van der Waals surface area contributed by atoms with E-state index >= 15 is 0 Å². The molecule has 2 heterocycles. The fourth-order valence-electron chi connectivity index (χ4n) is 3.02. The molecule has 0 fully saturated rings. The fourth-order valence-corrected chi connectivity index (χ4v) is 3.02. The normalized spacial score (nSPS) is 10.9. The first-order valence-electron chi connectivity index (χ1n) is 8.79. The molecule has 0 aliphatic rings. The van der Waals surface area contributed by atoms with Gasteiger partial charge in [-0.3, -0.25) is 14.9 Å². The number of hydrogen-bond acceptors (Lipinski definition) is 7. The number of rotatable bonds is 4. The van der Waals surface area contributed by atoms with Crippen molar-refractivity contribution in [3.63, 3.8) is 0 Å². The maximum atomic E-state index is 12.7. The largest absolute Gasteiger partial charge is 0.497 e. The lowest BCUT2D eigenvalue weighted by Crippen LogP contribution is -2.15. The molecule has 0 bridgehead atoms. The van der Waals surface area contributed by atoms with Crippen molar-refractivity contribution in [3.8, 4) is 17.0 Å². The lowest BCUT2D eigenvalue weighted by atomic mass is 10.1. The number of ether oxygens (including phenoxy) is 1. The van der Waals surface area contributed by atoms with Gasteiger partial charge in [-0.1, -0.05) is 6.07 Å². The summed E-state index contributed by atoms with van der Waals surface area (Å²) in [6.45, 7) is 3.75. The van der Waals surface area contributed by atoms with Gasteiger partial charge >= 0.3 is 0 Å². The highest BCUT2D eigenvalue weighted by Gasteiger charge is 2.20. The summed E-state index contributed by atoms with van der Waals surface area (Å²) in [4.78, 5) is 25.0. The van der Waals surface area contributed by atoms with Crippen LogP contribution in [0.4, 0.5) is 5.82 Å². The Hall–Kier alpha value is -3.94. The van der Waals surface area contributed by atoms with Crippen LogP contribution in [0, 0.1) is 13.8 Å². The molecule has 0 radical (unpaired) electrons. The molecule has 2 aromatic heterocycles. The minimum atomic E-state index is -0.631. The maximum Gasteiger partial charge on any atom is 0.292 e. The van der Waals surface area contributed by atoms with Gasteiger partial charge in [0.05, 0.1) is 12.5 Å². The third-order valence-electron chi connectivity index (χ3n) is 4.52. The SMILES string of the molecule is COc1ccc(-c2nonc2NC(=O)c2cc(=O)c3ccc(C)cc3o2)c(C)c1. The number of aryl methyl sites for hydroxylation is 2. The molecular weight excluding hydrogens is 374 g/mol. The van der Waals surface area contributed by atoms with Crippen LogP contribution in [-0.4, -0.2) is 23.3 Å². The van der Waals surface area contributed by atoms with Gasteiger partial charge < -0.3 is 9.15 Å². The highest BCUT2D eigenvalue weighted by Crippen LogP contribution is 2.30. The van der Waals surface area contributed by atoms with Crippen molar-refractivity contribution >= 4 is 22.7 Å². The zero-order chi connectivity index (χ0) is 20.5. The Labute approximate surface area is 165 Å². The molecule has 0 atom stereocenters. The van der Waals surface area contributed by atoms with Gasteiger partial charge in [0.2, 0.25) is 5.82 Å². The van der Waals surface area contributed by atoms with Gasteiger partial charge in [0.15, 0.2) is 16.9 Å². The van der Waals surface area contributed by atoms with Crippen molar-refractivity contribution < 1.29 is 18.6 Å². The lowest BCUT2D eigenvalue weighted by molar-refractivity contribution is 0.0996. The van der Waals surface area contributed by atoms with Crippen LogP contribution in [0.15, 0.2) is 56.3 Å². The van der Waals surface area contributed by atoms with Gasteiger partial charge in [0, 0.05) is 11.6 Å². The summed E-state index contributed by atoms with van der Waals surface area (Å²) in [6.07, 6.45) is 0. The number of hydrogen-bond donors (Lipinski definition) is 1. The smallest absolute Gasteiger partial charge is 0.292 e. The molecule has 8 heteroatoms. The van der Waals surface area contributed by atoms with Crippen molar-refractivity contribution in [1.29, 1.82) is 0 Å². The van der Waals surface area contributed by atoms with Crippen molar-refractivity contribution in [2.24, 2.45) is 0 Å². The van der Waals surface area contributed by atoms with Crippen LogP contribution in [0.1, 0.15) is 21.7 Å². The second kappa shape index (κ2) is 7.23. The number of amides is 1. The molecule has 8 nitrogen and oxygen atoms in total. The molecule has 1 N–H and O–H groups in total. The van der Waals surface area contributed by atoms with Crippen LogP contribution in [0.25, 0.3) is 22.2 Å². The minimum absolute atomic E-state index is 0.121. The highest BCUT2D eigenvalue weighted by atomic mass is 16.6. The van der Waals surface area contributed by atoms with E-state index in [4.69, 9.17) is 13.8 Å². The zero-order valence-electron chi connectivity index (χ0n) is 16.0. The van der Waals surface area contributed by atoms with E-state index < -0.39 is 5.91 Å². The second-order valence-electron chi connectivity index (χ2n) is 6.57. The highest BCUT2D eigenvalue weighted by molar-refractivity contribution is 6.04.